The summed E-state index contributed by atoms with van der Waals surface area (Å²) in [6.45, 7) is 3.14. The Hall–Kier alpha value is -4.12. The molecule has 40 heavy (non-hydrogen) atoms. The molecule has 4 aromatic rings. The molecule has 11 nitrogen and oxygen atoms in total. The molecule has 11 heteroatoms. The van der Waals surface area contributed by atoms with E-state index in [0.29, 0.717) is 37.0 Å². The number of aromatic amines is 1. The summed E-state index contributed by atoms with van der Waals surface area (Å²) in [4.78, 5) is 26.9. The van der Waals surface area contributed by atoms with Crippen LogP contribution in [0.25, 0.3) is 11.0 Å². The number of anilines is 3. The Morgan fingerprint density at radius 3 is 2.25 bits per heavy atom. The van der Waals surface area contributed by atoms with Gasteiger partial charge in [-0.2, -0.15) is 15.0 Å². The van der Waals surface area contributed by atoms with Crippen molar-refractivity contribution in [1.82, 2.24) is 29.8 Å². The summed E-state index contributed by atoms with van der Waals surface area (Å²) in [5.41, 5.74) is 3.15. The minimum atomic E-state index is 0.560. The maximum absolute atomic E-state index is 5.45. The quantitative estimate of drug-likeness (QED) is 0.244. The van der Waals surface area contributed by atoms with Crippen LogP contribution in [-0.4, -0.2) is 90.4 Å². The van der Waals surface area contributed by atoms with Crippen LogP contribution in [-0.2, 0) is 12.8 Å². The fraction of sp³-hybridized carbons (Fsp3) is 0.448. The van der Waals surface area contributed by atoms with Crippen LogP contribution < -0.4 is 25.0 Å². The Bertz CT molecular complexity index is 1370. The smallest absolute Gasteiger partial charge is 0.231 e. The number of aromatic nitrogens is 5. The summed E-state index contributed by atoms with van der Waals surface area (Å²) in [5, 5.41) is 6.80. The lowest BCUT2D eigenvalue weighted by Crippen LogP contribution is -2.42. The Morgan fingerprint density at radius 1 is 0.875 bits per heavy atom. The first-order chi connectivity index (χ1) is 19.5. The van der Waals surface area contributed by atoms with Crippen molar-refractivity contribution >= 4 is 28.9 Å². The maximum atomic E-state index is 5.45. The molecule has 0 atom stereocenters. The van der Waals surface area contributed by atoms with Crippen molar-refractivity contribution in [2.45, 2.75) is 31.7 Å². The zero-order chi connectivity index (χ0) is 27.9. The minimum Gasteiger partial charge on any atom is -0.493 e. The number of nitrogens with zero attached hydrogens (tertiary/aromatic N) is 6. The molecule has 0 unspecified atom stereocenters. The van der Waals surface area contributed by atoms with E-state index in [2.05, 4.69) is 49.5 Å². The zero-order valence-electron chi connectivity index (χ0n) is 23.8. The average molecular weight is 546 g/mol. The first kappa shape index (κ1) is 27.4. The van der Waals surface area contributed by atoms with Crippen LogP contribution in [0, 0.1) is 0 Å². The molecule has 0 bridgehead atoms. The minimum absolute atomic E-state index is 0.560. The van der Waals surface area contributed by atoms with E-state index in [1.165, 1.54) is 0 Å². The summed E-state index contributed by atoms with van der Waals surface area (Å²) in [6.07, 6.45) is 3.67. The number of hydrogen-bond acceptors (Lipinski definition) is 10. The average Bonchev–Trinajstić information content (AvgIpc) is 3.40. The van der Waals surface area contributed by atoms with Crippen LogP contribution in [0.3, 0.4) is 0 Å². The van der Waals surface area contributed by atoms with Gasteiger partial charge in [0.25, 0.3) is 0 Å². The normalized spacial score (nSPS) is 14.1. The molecule has 3 N–H and O–H groups in total. The maximum Gasteiger partial charge on any atom is 0.231 e. The zero-order valence-corrected chi connectivity index (χ0v) is 23.8. The van der Waals surface area contributed by atoms with Crippen molar-refractivity contribution in [3.05, 3.63) is 53.9 Å². The van der Waals surface area contributed by atoms with E-state index in [9.17, 15) is 0 Å². The van der Waals surface area contributed by atoms with Gasteiger partial charge in [0.2, 0.25) is 17.8 Å². The predicted octanol–water partition coefficient (Wildman–Crippen LogP) is 3.60. The number of ether oxygens (including phenoxy) is 2. The number of rotatable bonds is 12. The number of benzene rings is 2. The Balaban J connectivity index is 1.26. The summed E-state index contributed by atoms with van der Waals surface area (Å²) in [7, 11) is 7.58. The Morgan fingerprint density at radius 2 is 1.57 bits per heavy atom. The lowest BCUT2D eigenvalue weighted by atomic mass is 10.0. The van der Waals surface area contributed by atoms with Crippen LogP contribution >= 0.6 is 0 Å². The highest BCUT2D eigenvalue weighted by Crippen LogP contribution is 2.28. The lowest BCUT2D eigenvalue weighted by Gasteiger charge is -2.35. The van der Waals surface area contributed by atoms with Gasteiger partial charge in [-0.05, 0) is 63.2 Å². The molecular formula is C29H39N9O2. The predicted molar refractivity (Wildman–Crippen MR) is 159 cm³/mol. The van der Waals surface area contributed by atoms with E-state index in [4.69, 9.17) is 19.4 Å². The van der Waals surface area contributed by atoms with Gasteiger partial charge in [-0.25, -0.2) is 4.98 Å². The highest BCUT2D eigenvalue weighted by atomic mass is 16.5. The lowest BCUT2D eigenvalue weighted by molar-refractivity contribution is 0.249. The summed E-state index contributed by atoms with van der Waals surface area (Å²) < 4.78 is 10.8. The van der Waals surface area contributed by atoms with Crippen LogP contribution in [0.2, 0.25) is 0 Å². The van der Waals surface area contributed by atoms with Gasteiger partial charge in [-0.3, -0.25) is 0 Å². The molecule has 2 aromatic heterocycles. The van der Waals surface area contributed by atoms with Gasteiger partial charge < -0.3 is 34.9 Å². The van der Waals surface area contributed by atoms with Crippen molar-refractivity contribution < 1.29 is 9.47 Å². The molecular weight excluding hydrogens is 506 g/mol. The largest absolute Gasteiger partial charge is 0.493 e. The van der Waals surface area contributed by atoms with Gasteiger partial charge in [0, 0.05) is 38.6 Å². The van der Waals surface area contributed by atoms with Gasteiger partial charge in [0.1, 0.15) is 5.82 Å². The molecule has 0 radical (unpaired) electrons. The molecule has 2 aromatic carbocycles. The first-order valence-electron chi connectivity index (χ1n) is 13.8. The molecule has 1 fully saturated rings. The molecule has 0 saturated carbocycles. The number of imidazole rings is 1. The molecule has 1 aliphatic rings. The number of hydrogen-bond donors (Lipinski definition) is 3. The summed E-state index contributed by atoms with van der Waals surface area (Å²) in [5.74, 6) is 4.20. The molecule has 212 valence electrons. The van der Waals surface area contributed by atoms with Gasteiger partial charge in [0.05, 0.1) is 25.3 Å². The van der Waals surface area contributed by atoms with Crippen molar-refractivity contribution in [1.29, 1.82) is 0 Å². The standard InChI is InChI=1S/C29H39N9O2/c1-37(2)21-13-17-38(18-14-21)29-35-27(30-15-11-20-9-10-24(39-3)25(19-20)40-4)34-28(36-29)31-16-12-26-32-22-7-5-6-8-23(22)33-26/h5-10,19,21H,11-18H2,1-4H3,(H,32,33)(H2,30,31,34,35,36). The number of H-pyrrole nitrogens is 1. The SMILES string of the molecule is COc1ccc(CCNc2nc(NCCc3nc4ccccc4[nH]3)nc(N3CCC(N(C)C)CC3)n2)cc1OC. The van der Waals surface area contributed by atoms with E-state index in [-0.39, 0.29) is 0 Å². The molecule has 1 saturated heterocycles. The van der Waals surface area contributed by atoms with E-state index in [1.54, 1.807) is 14.2 Å². The van der Waals surface area contributed by atoms with Crippen LogP contribution in [0.15, 0.2) is 42.5 Å². The fourth-order valence-electron chi connectivity index (χ4n) is 5.02. The number of piperidine rings is 1. The third kappa shape index (κ3) is 6.71. The monoisotopic (exact) mass is 545 g/mol. The molecule has 1 aliphatic heterocycles. The second kappa shape index (κ2) is 12.8. The number of fused-ring (bicyclic) bond motifs is 1. The highest BCUT2D eigenvalue weighted by molar-refractivity contribution is 5.74. The van der Waals surface area contributed by atoms with Crippen molar-refractivity contribution in [2.75, 3.05) is 70.0 Å². The van der Waals surface area contributed by atoms with Gasteiger partial charge in [-0.15, -0.1) is 0 Å². The molecule has 0 spiro atoms. The van der Waals surface area contributed by atoms with E-state index in [1.807, 2.05) is 42.5 Å². The molecule has 0 aliphatic carbocycles. The second-order valence-electron chi connectivity index (χ2n) is 10.2. The summed E-state index contributed by atoms with van der Waals surface area (Å²) >= 11 is 0. The third-order valence-electron chi connectivity index (χ3n) is 7.33. The fourth-order valence-corrected chi connectivity index (χ4v) is 5.02. The number of para-hydroxylation sites is 2. The highest BCUT2D eigenvalue weighted by Gasteiger charge is 2.23. The van der Waals surface area contributed by atoms with Gasteiger partial charge in [0.15, 0.2) is 11.5 Å². The second-order valence-corrected chi connectivity index (χ2v) is 10.2. The van der Waals surface area contributed by atoms with Crippen LogP contribution in [0.4, 0.5) is 17.8 Å². The van der Waals surface area contributed by atoms with Gasteiger partial charge in [-0.1, -0.05) is 18.2 Å². The number of nitrogens with one attached hydrogen (secondary N) is 3. The van der Waals surface area contributed by atoms with E-state index in [0.717, 1.165) is 72.7 Å². The van der Waals surface area contributed by atoms with Crippen LogP contribution in [0.5, 0.6) is 11.5 Å². The summed E-state index contributed by atoms with van der Waals surface area (Å²) in [6, 6.07) is 14.6. The van der Waals surface area contributed by atoms with Crippen LogP contribution in [0.1, 0.15) is 24.2 Å². The molecule has 3 heterocycles. The molecule has 0 amide bonds. The van der Waals surface area contributed by atoms with E-state index < -0.39 is 0 Å². The van der Waals surface area contributed by atoms with Crippen molar-refractivity contribution in [2.24, 2.45) is 0 Å². The topological polar surface area (TPSA) is 116 Å². The molecule has 5 rings (SSSR count). The van der Waals surface area contributed by atoms with Gasteiger partial charge >= 0.3 is 0 Å². The Kier molecular flexibility index (Phi) is 8.80. The third-order valence-corrected chi connectivity index (χ3v) is 7.33. The van der Waals surface area contributed by atoms with E-state index >= 15 is 0 Å². The first-order valence-corrected chi connectivity index (χ1v) is 13.8. The van der Waals surface area contributed by atoms with Crippen molar-refractivity contribution in [3.63, 3.8) is 0 Å². The Labute approximate surface area is 235 Å². The van der Waals surface area contributed by atoms with Crippen molar-refractivity contribution in [3.8, 4) is 11.5 Å². The number of methoxy groups -OCH3 is 2.